The molecule has 1 aromatic heterocycles. The molecule has 0 radical (unpaired) electrons. The maximum absolute atomic E-state index is 12.2. The van der Waals surface area contributed by atoms with Gasteiger partial charge in [-0.05, 0) is 24.5 Å². The number of aromatic amines is 1. The zero-order valence-electron chi connectivity index (χ0n) is 12.2. The third-order valence-electron chi connectivity index (χ3n) is 3.65. The summed E-state index contributed by atoms with van der Waals surface area (Å²) in [6, 6.07) is 7.94. The first-order valence-corrected chi connectivity index (χ1v) is 7.38. The zero-order chi connectivity index (χ0) is 15.4. The number of urea groups is 1. The van der Waals surface area contributed by atoms with E-state index in [0.717, 1.165) is 24.0 Å². The van der Waals surface area contributed by atoms with Crippen LogP contribution in [-0.4, -0.2) is 50.4 Å². The number of nitrogens with zero attached hydrogens (tertiary/aromatic N) is 3. The molecule has 0 bridgehead atoms. The van der Waals surface area contributed by atoms with Gasteiger partial charge in [-0.1, -0.05) is 18.2 Å². The predicted octanol–water partition coefficient (Wildman–Crippen LogP) is 1.14. The number of carbonyl (C=O) groups excluding carboxylic acids is 1. The van der Waals surface area contributed by atoms with E-state index in [1.807, 2.05) is 24.3 Å². The fourth-order valence-corrected chi connectivity index (χ4v) is 2.40. The van der Waals surface area contributed by atoms with Crippen LogP contribution < -0.4 is 5.32 Å². The number of hydrogen-bond acceptors (Lipinski definition) is 4. The number of amides is 2. The predicted molar refractivity (Wildman–Crippen MR) is 80.9 cm³/mol. The molecule has 22 heavy (non-hydrogen) atoms. The molecule has 1 aliphatic carbocycles. The number of aromatic nitrogens is 3. The Bertz CT molecular complexity index is 625. The monoisotopic (exact) mass is 301 g/mol. The number of nitrogens with one attached hydrogen (secondary N) is 2. The Hall–Kier alpha value is -2.41. The number of carbonyl (C=O) groups is 1. The first-order chi connectivity index (χ1) is 10.8. The molecule has 1 aliphatic rings. The van der Waals surface area contributed by atoms with Gasteiger partial charge in [-0.25, -0.2) is 9.78 Å². The van der Waals surface area contributed by atoms with Crippen LogP contribution in [0.4, 0.5) is 4.79 Å². The second-order valence-corrected chi connectivity index (χ2v) is 5.34. The van der Waals surface area contributed by atoms with E-state index < -0.39 is 0 Å². The molecule has 1 aromatic carbocycles. The van der Waals surface area contributed by atoms with Crippen LogP contribution in [0.15, 0.2) is 30.6 Å². The second kappa shape index (κ2) is 6.57. The van der Waals surface area contributed by atoms with Gasteiger partial charge in [-0.15, -0.1) is 0 Å². The Kier molecular flexibility index (Phi) is 4.34. The number of benzene rings is 1. The molecule has 7 heteroatoms. The topological polar surface area (TPSA) is 94.1 Å². The lowest BCUT2D eigenvalue weighted by Gasteiger charge is -2.21. The van der Waals surface area contributed by atoms with Crippen molar-refractivity contribution in [2.75, 3.05) is 13.2 Å². The summed E-state index contributed by atoms with van der Waals surface area (Å²) in [4.78, 5) is 18.0. The van der Waals surface area contributed by atoms with Crippen LogP contribution in [-0.2, 0) is 6.54 Å². The van der Waals surface area contributed by atoms with E-state index in [1.165, 1.54) is 6.33 Å². The molecule has 2 amide bonds. The van der Waals surface area contributed by atoms with Crippen LogP contribution in [0, 0.1) is 0 Å². The lowest BCUT2D eigenvalue weighted by molar-refractivity contribution is 0.173. The average Bonchev–Trinajstić information content (AvgIpc) is 3.23. The Labute approximate surface area is 128 Å². The fraction of sp³-hybridized carbons (Fsp3) is 0.400. The van der Waals surface area contributed by atoms with Gasteiger partial charge in [0.1, 0.15) is 6.33 Å². The highest BCUT2D eigenvalue weighted by molar-refractivity contribution is 5.75. The molecule has 1 fully saturated rings. The van der Waals surface area contributed by atoms with Gasteiger partial charge >= 0.3 is 6.03 Å². The van der Waals surface area contributed by atoms with E-state index in [0.29, 0.717) is 18.9 Å². The Morgan fingerprint density at radius 1 is 1.45 bits per heavy atom. The summed E-state index contributed by atoms with van der Waals surface area (Å²) in [6.07, 6.45) is 3.51. The van der Waals surface area contributed by atoms with Gasteiger partial charge in [0.25, 0.3) is 0 Å². The van der Waals surface area contributed by atoms with Crippen LogP contribution in [0.1, 0.15) is 18.4 Å². The van der Waals surface area contributed by atoms with Crippen LogP contribution in [0.25, 0.3) is 11.4 Å². The van der Waals surface area contributed by atoms with Crippen molar-refractivity contribution in [2.24, 2.45) is 0 Å². The first kappa shape index (κ1) is 14.5. The van der Waals surface area contributed by atoms with Gasteiger partial charge in [0.05, 0.1) is 6.61 Å². The lowest BCUT2D eigenvalue weighted by atomic mass is 10.1. The van der Waals surface area contributed by atoms with Crippen LogP contribution >= 0.6 is 0 Å². The summed E-state index contributed by atoms with van der Waals surface area (Å²) >= 11 is 0. The minimum Gasteiger partial charge on any atom is -0.395 e. The molecule has 3 N–H and O–H groups in total. The first-order valence-electron chi connectivity index (χ1n) is 7.38. The molecular weight excluding hydrogens is 282 g/mol. The molecular formula is C15H19N5O2. The Morgan fingerprint density at radius 3 is 3.00 bits per heavy atom. The van der Waals surface area contributed by atoms with Crippen molar-refractivity contribution in [3.63, 3.8) is 0 Å². The quantitative estimate of drug-likeness (QED) is 0.745. The third kappa shape index (κ3) is 3.43. The summed E-state index contributed by atoms with van der Waals surface area (Å²) < 4.78 is 0. The minimum atomic E-state index is -0.124. The van der Waals surface area contributed by atoms with E-state index in [9.17, 15) is 4.79 Å². The van der Waals surface area contributed by atoms with Crippen molar-refractivity contribution in [3.05, 3.63) is 36.2 Å². The maximum Gasteiger partial charge on any atom is 0.317 e. The highest BCUT2D eigenvalue weighted by Gasteiger charge is 2.31. The smallest absolute Gasteiger partial charge is 0.317 e. The van der Waals surface area contributed by atoms with Gasteiger partial charge in [0.15, 0.2) is 5.82 Å². The van der Waals surface area contributed by atoms with Crippen LogP contribution in [0.2, 0.25) is 0 Å². The number of aliphatic hydroxyl groups is 1. The Morgan fingerprint density at radius 2 is 2.32 bits per heavy atom. The summed E-state index contributed by atoms with van der Waals surface area (Å²) in [7, 11) is 0. The molecule has 0 aliphatic heterocycles. The van der Waals surface area contributed by atoms with Gasteiger partial charge in [-0.2, -0.15) is 5.10 Å². The summed E-state index contributed by atoms with van der Waals surface area (Å²) in [5.41, 5.74) is 1.92. The number of H-pyrrole nitrogens is 1. The molecule has 116 valence electrons. The SMILES string of the molecule is O=C(NCc1cccc(-c2ncn[nH]2)c1)N(CCO)C1CC1. The molecule has 1 saturated carbocycles. The van der Waals surface area contributed by atoms with Crippen molar-refractivity contribution >= 4 is 6.03 Å². The summed E-state index contributed by atoms with van der Waals surface area (Å²) in [6.45, 7) is 0.814. The molecule has 0 saturated heterocycles. The number of aliphatic hydroxyl groups excluding tert-OH is 1. The fourth-order valence-electron chi connectivity index (χ4n) is 2.40. The van der Waals surface area contributed by atoms with Crippen molar-refractivity contribution in [1.82, 2.24) is 25.4 Å². The van der Waals surface area contributed by atoms with Crippen molar-refractivity contribution < 1.29 is 9.90 Å². The average molecular weight is 301 g/mol. The van der Waals surface area contributed by atoms with Gasteiger partial charge in [0.2, 0.25) is 0 Å². The molecule has 1 heterocycles. The Balaban J connectivity index is 1.61. The number of rotatable bonds is 6. The van der Waals surface area contributed by atoms with Crippen molar-refractivity contribution in [2.45, 2.75) is 25.4 Å². The van der Waals surface area contributed by atoms with Crippen molar-refractivity contribution in [3.8, 4) is 11.4 Å². The zero-order valence-corrected chi connectivity index (χ0v) is 12.2. The highest BCUT2D eigenvalue weighted by Crippen LogP contribution is 2.26. The van der Waals surface area contributed by atoms with E-state index in [1.54, 1.807) is 4.90 Å². The molecule has 0 unspecified atom stereocenters. The molecule has 2 aromatic rings. The normalized spacial score (nSPS) is 13.9. The standard InChI is InChI=1S/C15H19N5O2/c21-7-6-20(13-4-5-13)15(22)16-9-11-2-1-3-12(8-11)14-17-10-18-19-14/h1-3,8,10,13,21H,4-7,9H2,(H,16,22)(H,17,18,19). The van der Waals surface area contributed by atoms with Gasteiger partial charge in [0, 0.05) is 24.7 Å². The van der Waals surface area contributed by atoms with E-state index >= 15 is 0 Å². The van der Waals surface area contributed by atoms with Gasteiger partial charge < -0.3 is 15.3 Å². The van der Waals surface area contributed by atoms with Gasteiger partial charge in [-0.3, -0.25) is 5.10 Å². The summed E-state index contributed by atoms with van der Waals surface area (Å²) in [5, 5.41) is 18.6. The molecule has 0 spiro atoms. The van der Waals surface area contributed by atoms with Crippen LogP contribution in [0.5, 0.6) is 0 Å². The van der Waals surface area contributed by atoms with E-state index in [2.05, 4.69) is 20.5 Å². The maximum atomic E-state index is 12.2. The highest BCUT2D eigenvalue weighted by atomic mass is 16.3. The van der Waals surface area contributed by atoms with E-state index in [4.69, 9.17) is 5.11 Å². The molecule has 7 nitrogen and oxygen atoms in total. The molecule has 0 atom stereocenters. The third-order valence-corrected chi connectivity index (χ3v) is 3.65. The number of hydrogen-bond donors (Lipinski definition) is 3. The lowest BCUT2D eigenvalue weighted by Crippen LogP contribution is -2.42. The summed E-state index contributed by atoms with van der Waals surface area (Å²) in [5.74, 6) is 0.702. The molecule has 3 rings (SSSR count). The second-order valence-electron chi connectivity index (χ2n) is 5.34. The van der Waals surface area contributed by atoms with E-state index in [-0.39, 0.29) is 18.7 Å². The van der Waals surface area contributed by atoms with Crippen molar-refractivity contribution in [1.29, 1.82) is 0 Å². The largest absolute Gasteiger partial charge is 0.395 e. The minimum absolute atomic E-state index is 0.00903. The van der Waals surface area contributed by atoms with Crippen LogP contribution in [0.3, 0.4) is 0 Å².